The highest BCUT2D eigenvalue weighted by molar-refractivity contribution is 9.10. The first-order chi connectivity index (χ1) is 8.61. The van der Waals surface area contributed by atoms with Crippen molar-refractivity contribution in [2.45, 2.75) is 19.4 Å². The van der Waals surface area contributed by atoms with Gasteiger partial charge in [-0.2, -0.15) is 0 Å². The molecular formula is C13H15BrClN3. The zero-order valence-corrected chi connectivity index (χ0v) is 12.5. The van der Waals surface area contributed by atoms with Crippen molar-refractivity contribution in [3.05, 3.63) is 51.0 Å². The summed E-state index contributed by atoms with van der Waals surface area (Å²) in [4.78, 5) is 4.53. The number of nitrogens with zero attached hydrogens (tertiary/aromatic N) is 2. The molecule has 0 unspecified atom stereocenters. The van der Waals surface area contributed by atoms with Crippen LogP contribution in [0, 0.1) is 0 Å². The number of aryl methyl sites for hydroxylation is 2. The van der Waals surface area contributed by atoms with Crippen LogP contribution in [0.3, 0.4) is 0 Å². The standard InChI is InChI=1S/C13H15BrClN3/c1-18-12(8-16)17-11(13(18)14)7-4-9-2-5-10(15)6-3-9/h2-3,5-6H,4,7-8,16H2,1H3. The molecular weight excluding hydrogens is 314 g/mol. The molecule has 0 aliphatic heterocycles. The molecule has 18 heavy (non-hydrogen) atoms. The molecule has 0 fully saturated rings. The summed E-state index contributed by atoms with van der Waals surface area (Å²) in [5, 5.41) is 0.767. The molecule has 0 saturated carbocycles. The van der Waals surface area contributed by atoms with Gasteiger partial charge in [0.25, 0.3) is 0 Å². The van der Waals surface area contributed by atoms with Crippen LogP contribution in [0.4, 0.5) is 0 Å². The molecule has 0 saturated heterocycles. The fourth-order valence-corrected chi connectivity index (χ4v) is 2.46. The van der Waals surface area contributed by atoms with E-state index < -0.39 is 0 Å². The fraction of sp³-hybridized carbons (Fsp3) is 0.308. The molecule has 3 nitrogen and oxygen atoms in total. The van der Waals surface area contributed by atoms with Crippen LogP contribution in [0.1, 0.15) is 17.1 Å². The lowest BCUT2D eigenvalue weighted by Gasteiger charge is -2.01. The lowest BCUT2D eigenvalue weighted by molar-refractivity contribution is 0.781. The molecule has 1 aromatic carbocycles. The van der Waals surface area contributed by atoms with Crippen LogP contribution in [-0.2, 0) is 26.4 Å². The van der Waals surface area contributed by atoms with E-state index in [9.17, 15) is 0 Å². The maximum absolute atomic E-state index is 5.86. The summed E-state index contributed by atoms with van der Waals surface area (Å²) in [5.41, 5.74) is 7.94. The lowest BCUT2D eigenvalue weighted by Crippen LogP contribution is -2.04. The number of nitrogens with two attached hydrogens (primary N) is 1. The highest BCUT2D eigenvalue weighted by Gasteiger charge is 2.11. The minimum absolute atomic E-state index is 0.454. The monoisotopic (exact) mass is 327 g/mol. The number of hydrogen-bond acceptors (Lipinski definition) is 2. The van der Waals surface area contributed by atoms with Crippen molar-refractivity contribution < 1.29 is 0 Å². The minimum atomic E-state index is 0.454. The SMILES string of the molecule is Cn1c(CN)nc(CCc2ccc(Cl)cc2)c1Br. The summed E-state index contributed by atoms with van der Waals surface area (Å²) >= 11 is 9.41. The van der Waals surface area contributed by atoms with Crippen LogP contribution >= 0.6 is 27.5 Å². The molecule has 2 aromatic rings. The van der Waals surface area contributed by atoms with Gasteiger partial charge in [-0.05, 0) is 46.5 Å². The second-order valence-electron chi connectivity index (χ2n) is 4.16. The Bertz CT molecular complexity index is 534. The summed E-state index contributed by atoms with van der Waals surface area (Å²) in [7, 11) is 1.96. The third-order valence-corrected chi connectivity index (χ3v) is 4.17. The molecule has 2 rings (SSSR count). The van der Waals surface area contributed by atoms with Gasteiger partial charge in [0.05, 0.1) is 12.2 Å². The summed E-state index contributed by atoms with van der Waals surface area (Å²) < 4.78 is 2.99. The van der Waals surface area contributed by atoms with E-state index >= 15 is 0 Å². The zero-order valence-electron chi connectivity index (χ0n) is 10.2. The first-order valence-electron chi connectivity index (χ1n) is 5.76. The van der Waals surface area contributed by atoms with Crippen molar-refractivity contribution in [1.82, 2.24) is 9.55 Å². The summed E-state index contributed by atoms with van der Waals surface area (Å²) in [5.74, 6) is 0.896. The van der Waals surface area contributed by atoms with E-state index in [0.717, 1.165) is 34.0 Å². The number of imidazole rings is 1. The van der Waals surface area contributed by atoms with Crippen LogP contribution in [-0.4, -0.2) is 9.55 Å². The smallest absolute Gasteiger partial charge is 0.123 e. The second-order valence-corrected chi connectivity index (χ2v) is 5.34. The zero-order chi connectivity index (χ0) is 13.1. The number of halogens is 2. The maximum Gasteiger partial charge on any atom is 0.123 e. The van der Waals surface area contributed by atoms with Crippen LogP contribution in [0.25, 0.3) is 0 Å². The molecule has 1 heterocycles. The van der Waals surface area contributed by atoms with E-state index in [2.05, 4.69) is 20.9 Å². The molecule has 2 N–H and O–H groups in total. The molecule has 0 aliphatic carbocycles. The third kappa shape index (κ3) is 2.94. The van der Waals surface area contributed by atoms with E-state index in [0.29, 0.717) is 6.54 Å². The molecule has 96 valence electrons. The van der Waals surface area contributed by atoms with Gasteiger partial charge in [0.15, 0.2) is 0 Å². The topological polar surface area (TPSA) is 43.8 Å². The average Bonchev–Trinajstić information content (AvgIpc) is 2.65. The summed E-state index contributed by atoms with van der Waals surface area (Å²) in [6.07, 6.45) is 1.83. The van der Waals surface area contributed by atoms with Gasteiger partial charge >= 0.3 is 0 Å². The van der Waals surface area contributed by atoms with Gasteiger partial charge in [-0.3, -0.25) is 0 Å². The van der Waals surface area contributed by atoms with Crippen molar-refractivity contribution in [3.8, 4) is 0 Å². The summed E-state index contributed by atoms with van der Waals surface area (Å²) in [6.45, 7) is 0.454. The van der Waals surface area contributed by atoms with Crippen molar-refractivity contribution in [2.24, 2.45) is 12.8 Å². The third-order valence-electron chi connectivity index (χ3n) is 2.93. The molecule has 0 aliphatic rings. The van der Waals surface area contributed by atoms with E-state index in [-0.39, 0.29) is 0 Å². The van der Waals surface area contributed by atoms with Gasteiger partial charge in [0.2, 0.25) is 0 Å². The van der Waals surface area contributed by atoms with Gasteiger partial charge in [-0.1, -0.05) is 23.7 Å². The molecule has 0 spiro atoms. The molecule has 0 atom stereocenters. The molecule has 1 aromatic heterocycles. The van der Waals surface area contributed by atoms with Crippen molar-refractivity contribution in [1.29, 1.82) is 0 Å². The number of hydrogen-bond donors (Lipinski definition) is 1. The Balaban J connectivity index is 2.08. The van der Waals surface area contributed by atoms with Gasteiger partial charge in [0, 0.05) is 12.1 Å². The van der Waals surface area contributed by atoms with Gasteiger partial charge in [0.1, 0.15) is 10.4 Å². The minimum Gasteiger partial charge on any atom is -0.325 e. The second kappa shape index (κ2) is 5.87. The lowest BCUT2D eigenvalue weighted by atomic mass is 10.1. The first-order valence-corrected chi connectivity index (χ1v) is 6.93. The Morgan fingerprint density at radius 1 is 1.28 bits per heavy atom. The molecule has 0 bridgehead atoms. The van der Waals surface area contributed by atoms with Crippen LogP contribution in [0.15, 0.2) is 28.9 Å². The van der Waals surface area contributed by atoms with Gasteiger partial charge in [-0.25, -0.2) is 4.98 Å². The van der Waals surface area contributed by atoms with E-state index in [4.69, 9.17) is 17.3 Å². The quantitative estimate of drug-likeness (QED) is 0.937. The van der Waals surface area contributed by atoms with Gasteiger partial charge < -0.3 is 10.3 Å². The van der Waals surface area contributed by atoms with Crippen LogP contribution in [0.2, 0.25) is 5.02 Å². The maximum atomic E-state index is 5.86. The Hall–Kier alpha value is -0.840. The van der Waals surface area contributed by atoms with Crippen molar-refractivity contribution >= 4 is 27.5 Å². The van der Waals surface area contributed by atoms with Gasteiger partial charge in [-0.15, -0.1) is 0 Å². The number of aromatic nitrogens is 2. The van der Waals surface area contributed by atoms with Crippen LogP contribution in [0.5, 0.6) is 0 Å². The number of rotatable bonds is 4. The van der Waals surface area contributed by atoms with E-state index in [1.54, 1.807) is 0 Å². The van der Waals surface area contributed by atoms with Crippen molar-refractivity contribution in [2.75, 3.05) is 0 Å². The first kappa shape index (κ1) is 13.6. The van der Waals surface area contributed by atoms with E-state index in [1.165, 1.54) is 5.56 Å². The molecule has 0 radical (unpaired) electrons. The highest BCUT2D eigenvalue weighted by atomic mass is 79.9. The normalized spacial score (nSPS) is 10.9. The fourth-order valence-electron chi connectivity index (χ4n) is 1.84. The Morgan fingerprint density at radius 2 is 1.94 bits per heavy atom. The molecule has 0 amide bonds. The van der Waals surface area contributed by atoms with Crippen LogP contribution < -0.4 is 5.73 Å². The Labute approximate surface area is 120 Å². The Morgan fingerprint density at radius 3 is 2.50 bits per heavy atom. The highest BCUT2D eigenvalue weighted by Crippen LogP contribution is 2.19. The van der Waals surface area contributed by atoms with Crippen molar-refractivity contribution in [3.63, 3.8) is 0 Å². The largest absolute Gasteiger partial charge is 0.325 e. The Kier molecular flexibility index (Phi) is 4.43. The predicted octanol–water partition coefficient (Wildman–Crippen LogP) is 3.08. The average molecular weight is 329 g/mol. The summed E-state index contributed by atoms with van der Waals surface area (Å²) in [6, 6.07) is 7.91. The van der Waals surface area contributed by atoms with E-state index in [1.807, 2.05) is 35.9 Å². The predicted molar refractivity (Wildman–Crippen MR) is 77.7 cm³/mol. The molecule has 5 heteroatoms. The number of benzene rings is 1.